The second-order valence-corrected chi connectivity index (χ2v) is 4.89. The van der Waals surface area contributed by atoms with Crippen LogP contribution in [0.2, 0.25) is 0 Å². The molecule has 1 fully saturated rings. The summed E-state index contributed by atoms with van der Waals surface area (Å²) in [6, 6.07) is 2.11. The molecule has 0 radical (unpaired) electrons. The summed E-state index contributed by atoms with van der Waals surface area (Å²) in [6.07, 6.45) is 5.67. The number of aliphatic imine (C=N–C) groups is 2. The van der Waals surface area contributed by atoms with Crippen molar-refractivity contribution in [3.63, 3.8) is 0 Å². The molecule has 0 spiro atoms. The lowest BCUT2D eigenvalue weighted by atomic mass is 10.2. The molecule has 0 amide bonds. The van der Waals surface area contributed by atoms with Crippen molar-refractivity contribution in [1.82, 2.24) is 14.9 Å². The average molecular weight is 272 g/mol. The van der Waals surface area contributed by atoms with E-state index in [4.69, 9.17) is 5.73 Å². The summed E-state index contributed by atoms with van der Waals surface area (Å²) < 4.78 is 0. The molecule has 6 heteroatoms. The van der Waals surface area contributed by atoms with Crippen molar-refractivity contribution in [1.29, 1.82) is 0 Å². The number of aromatic nitrogens is 2. The molecule has 1 aliphatic heterocycles. The first kappa shape index (κ1) is 14.2. The first-order valence-electron chi connectivity index (χ1n) is 6.68. The van der Waals surface area contributed by atoms with E-state index in [0.29, 0.717) is 23.6 Å². The molecule has 1 aromatic heterocycles. The van der Waals surface area contributed by atoms with Gasteiger partial charge in [0.1, 0.15) is 5.82 Å². The molecule has 0 saturated carbocycles. The van der Waals surface area contributed by atoms with E-state index in [9.17, 15) is 0 Å². The molecule has 20 heavy (non-hydrogen) atoms. The summed E-state index contributed by atoms with van der Waals surface area (Å²) in [6.45, 7) is 8.64. The van der Waals surface area contributed by atoms with Crippen LogP contribution in [0.15, 0.2) is 28.4 Å². The van der Waals surface area contributed by atoms with E-state index in [1.807, 2.05) is 6.92 Å². The van der Waals surface area contributed by atoms with Crippen LogP contribution in [0.1, 0.15) is 32.5 Å². The number of anilines is 1. The zero-order chi connectivity index (χ0) is 14.5. The first-order valence-corrected chi connectivity index (χ1v) is 6.68. The Hall–Kier alpha value is -2.24. The highest BCUT2D eigenvalue weighted by Gasteiger charge is 2.22. The maximum atomic E-state index is 5.65. The topological polar surface area (TPSA) is 79.8 Å². The number of hydrogen-bond acceptors (Lipinski definition) is 4. The average Bonchev–Trinajstić information content (AvgIpc) is 2.86. The van der Waals surface area contributed by atoms with Crippen molar-refractivity contribution in [3.05, 3.63) is 24.3 Å². The van der Waals surface area contributed by atoms with Crippen molar-refractivity contribution < 1.29 is 0 Å². The number of guanidine groups is 1. The number of allylic oxidation sites excluding steroid dienone is 1. The highest BCUT2D eigenvalue weighted by Crippen LogP contribution is 2.18. The third-order valence-corrected chi connectivity index (χ3v) is 3.35. The molecule has 6 nitrogen and oxygen atoms in total. The van der Waals surface area contributed by atoms with Crippen LogP contribution < -0.4 is 5.73 Å². The van der Waals surface area contributed by atoms with Crippen LogP contribution in [0, 0.1) is 0 Å². The Bertz CT molecular complexity index is 548. The summed E-state index contributed by atoms with van der Waals surface area (Å²) in [5.41, 5.74) is 6.48. The van der Waals surface area contributed by atoms with Gasteiger partial charge in [0, 0.05) is 30.6 Å². The number of nitrogens with zero attached hydrogens (tertiary/aromatic N) is 5. The number of likely N-dealkylation sites (tertiary alicyclic amines) is 1. The van der Waals surface area contributed by atoms with Crippen molar-refractivity contribution in [2.45, 2.75) is 32.7 Å². The van der Waals surface area contributed by atoms with E-state index in [-0.39, 0.29) is 0 Å². The predicted octanol–water partition coefficient (Wildman–Crippen LogP) is 1.96. The third kappa shape index (κ3) is 3.20. The van der Waals surface area contributed by atoms with Gasteiger partial charge in [0.15, 0.2) is 5.82 Å². The maximum Gasteiger partial charge on any atom is 0.224 e. The van der Waals surface area contributed by atoms with Crippen molar-refractivity contribution in [3.8, 4) is 0 Å². The van der Waals surface area contributed by atoms with E-state index < -0.39 is 0 Å². The summed E-state index contributed by atoms with van der Waals surface area (Å²) in [4.78, 5) is 18.9. The van der Waals surface area contributed by atoms with Gasteiger partial charge in [-0.25, -0.2) is 20.0 Å². The number of hydrogen-bond donors (Lipinski definition) is 1. The van der Waals surface area contributed by atoms with E-state index in [1.165, 1.54) is 0 Å². The Labute approximate surface area is 119 Å². The summed E-state index contributed by atoms with van der Waals surface area (Å²) in [5, 5.41) is 0. The standard InChI is InChI=1S/C14H20N6/c1-10(13-17-7-6-12(15)19-13)9-18-14(16-3)20-8-4-5-11(20)2/h6-7,9,11H,3-5,8H2,1-2H3,(H2,15,17,19)/b10-9+,18-14+/t11-/m1/s1. The lowest BCUT2D eigenvalue weighted by Crippen LogP contribution is -2.32. The van der Waals surface area contributed by atoms with Gasteiger partial charge in [-0.2, -0.15) is 0 Å². The van der Waals surface area contributed by atoms with Crippen LogP contribution in [-0.4, -0.2) is 40.1 Å². The summed E-state index contributed by atoms with van der Waals surface area (Å²) >= 11 is 0. The Morgan fingerprint density at radius 1 is 1.60 bits per heavy atom. The molecule has 2 rings (SSSR count). The minimum absolute atomic E-state index is 0.446. The number of rotatable bonds is 2. The maximum absolute atomic E-state index is 5.65. The molecule has 0 aliphatic carbocycles. The van der Waals surface area contributed by atoms with Gasteiger partial charge in [-0.05, 0) is 39.5 Å². The molecule has 2 N–H and O–H groups in total. The normalized spacial score (nSPS) is 20.3. The second kappa shape index (κ2) is 6.27. The van der Waals surface area contributed by atoms with Gasteiger partial charge >= 0.3 is 0 Å². The fourth-order valence-corrected chi connectivity index (χ4v) is 2.21. The molecular formula is C14H20N6. The quantitative estimate of drug-likeness (QED) is 0.659. The highest BCUT2D eigenvalue weighted by molar-refractivity contribution is 5.85. The molecule has 106 valence electrons. The minimum atomic E-state index is 0.446. The van der Waals surface area contributed by atoms with Crippen LogP contribution in [0.25, 0.3) is 5.57 Å². The Morgan fingerprint density at radius 3 is 3.00 bits per heavy atom. The molecule has 1 aliphatic rings. The number of nitrogen functional groups attached to an aromatic ring is 1. The second-order valence-electron chi connectivity index (χ2n) is 4.89. The molecule has 1 atom stereocenters. The summed E-state index contributed by atoms with van der Waals surface area (Å²) in [7, 11) is 0. The van der Waals surface area contributed by atoms with Gasteiger partial charge in [-0.3, -0.25) is 0 Å². The van der Waals surface area contributed by atoms with Gasteiger partial charge < -0.3 is 10.6 Å². The third-order valence-electron chi connectivity index (χ3n) is 3.35. The fraction of sp³-hybridized carbons (Fsp3) is 0.429. The molecule has 2 heterocycles. The van der Waals surface area contributed by atoms with Gasteiger partial charge in [-0.15, -0.1) is 0 Å². The van der Waals surface area contributed by atoms with Crippen molar-refractivity contribution in [2.75, 3.05) is 12.3 Å². The molecule has 1 aromatic rings. The van der Waals surface area contributed by atoms with E-state index in [2.05, 4.69) is 38.5 Å². The zero-order valence-corrected chi connectivity index (χ0v) is 12.0. The smallest absolute Gasteiger partial charge is 0.224 e. The molecule has 0 unspecified atom stereocenters. The minimum Gasteiger partial charge on any atom is -0.384 e. The summed E-state index contributed by atoms with van der Waals surface area (Å²) in [5.74, 6) is 1.67. The van der Waals surface area contributed by atoms with Gasteiger partial charge in [0.2, 0.25) is 5.96 Å². The van der Waals surface area contributed by atoms with Gasteiger partial charge in [0.25, 0.3) is 0 Å². The molecule has 0 aromatic carbocycles. The predicted molar refractivity (Wildman–Crippen MR) is 82.5 cm³/mol. The van der Waals surface area contributed by atoms with Gasteiger partial charge in [0.05, 0.1) is 0 Å². The molecule has 0 bridgehead atoms. The molecular weight excluding hydrogens is 252 g/mol. The Morgan fingerprint density at radius 2 is 2.40 bits per heavy atom. The largest absolute Gasteiger partial charge is 0.384 e. The fourth-order valence-electron chi connectivity index (χ4n) is 2.21. The van der Waals surface area contributed by atoms with Crippen LogP contribution >= 0.6 is 0 Å². The molecule has 1 saturated heterocycles. The Balaban J connectivity index is 2.20. The lowest BCUT2D eigenvalue weighted by molar-refractivity contribution is 0.411. The Kier molecular flexibility index (Phi) is 4.45. The zero-order valence-electron chi connectivity index (χ0n) is 12.0. The van der Waals surface area contributed by atoms with Crippen LogP contribution in [0.5, 0.6) is 0 Å². The monoisotopic (exact) mass is 272 g/mol. The SMILES string of the molecule is C=N/C(=N\C=C(/C)c1nccc(N)n1)N1CCC[C@H]1C. The van der Waals surface area contributed by atoms with Gasteiger partial charge in [-0.1, -0.05) is 0 Å². The van der Waals surface area contributed by atoms with Crippen molar-refractivity contribution >= 4 is 24.1 Å². The van der Waals surface area contributed by atoms with E-state index in [0.717, 1.165) is 25.0 Å². The lowest BCUT2D eigenvalue weighted by Gasteiger charge is -2.21. The van der Waals surface area contributed by atoms with Crippen LogP contribution in [-0.2, 0) is 0 Å². The van der Waals surface area contributed by atoms with Crippen LogP contribution in [0.4, 0.5) is 5.82 Å². The highest BCUT2D eigenvalue weighted by atomic mass is 15.3. The van der Waals surface area contributed by atoms with E-state index >= 15 is 0 Å². The van der Waals surface area contributed by atoms with Crippen LogP contribution in [0.3, 0.4) is 0 Å². The first-order chi connectivity index (χ1) is 9.61. The van der Waals surface area contributed by atoms with Crippen molar-refractivity contribution in [2.24, 2.45) is 9.98 Å². The number of nitrogens with two attached hydrogens (primary N) is 1. The van der Waals surface area contributed by atoms with E-state index in [1.54, 1.807) is 18.5 Å².